The second kappa shape index (κ2) is 9.44. The molecule has 4 aromatic rings. The smallest absolute Gasteiger partial charge is 0.303 e. The van der Waals surface area contributed by atoms with Gasteiger partial charge in [0.2, 0.25) is 0 Å². The van der Waals surface area contributed by atoms with Crippen molar-refractivity contribution in [2.45, 2.75) is 32.2 Å². The van der Waals surface area contributed by atoms with E-state index in [9.17, 15) is 9.90 Å². The zero-order valence-corrected chi connectivity index (χ0v) is 20.6. The van der Waals surface area contributed by atoms with Gasteiger partial charge in [0.1, 0.15) is 0 Å². The van der Waals surface area contributed by atoms with Crippen LogP contribution in [0.5, 0.6) is 5.88 Å². The van der Waals surface area contributed by atoms with Gasteiger partial charge in [0.15, 0.2) is 5.88 Å². The molecule has 7 heteroatoms. The summed E-state index contributed by atoms with van der Waals surface area (Å²) >= 11 is 3.48. The number of H-pyrrole nitrogens is 1. The molecule has 174 valence electrons. The molecule has 0 aliphatic rings. The number of halogens is 1. The molecule has 1 heterocycles. The molecule has 0 spiro atoms. The Balaban J connectivity index is 1.87. The number of aliphatic carboxylic acids is 1. The highest BCUT2D eigenvalue weighted by molar-refractivity contribution is 9.10. The van der Waals surface area contributed by atoms with E-state index in [0.717, 1.165) is 32.1 Å². The zero-order valence-electron chi connectivity index (χ0n) is 19.0. The average Bonchev–Trinajstić information content (AvgIpc) is 3.10. The maximum Gasteiger partial charge on any atom is 0.303 e. The molecule has 0 unspecified atom stereocenters. The van der Waals surface area contributed by atoms with E-state index in [2.05, 4.69) is 20.9 Å². The second-order valence-electron chi connectivity index (χ2n) is 8.86. The standard InChI is InChI=1S/C27H26BrN3O3/c1-27(2,29)18-4-3-5-20(14-18)30-25(17-9-6-16(7-10-17)8-13-23(32)33)24-21-12-11-19(28)15-22(21)31-26(24)34/h3-7,9-12,14-15,31,34H,8,13,29H2,1-2H3,(H,32,33). The molecule has 0 saturated carbocycles. The van der Waals surface area contributed by atoms with E-state index in [1.165, 1.54) is 0 Å². The van der Waals surface area contributed by atoms with Crippen molar-refractivity contribution in [3.63, 3.8) is 0 Å². The number of rotatable bonds is 7. The number of aromatic amines is 1. The molecule has 34 heavy (non-hydrogen) atoms. The van der Waals surface area contributed by atoms with Gasteiger partial charge < -0.3 is 20.9 Å². The lowest BCUT2D eigenvalue weighted by Gasteiger charge is -2.19. The van der Waals surface area contributed by atoms with Crippen LogP contribution in [-0.2, 0) is 16.8 Å². The first-order valence-corrected chi connectivity index (χ1v) is 11.7. The second-order valence-corrected chi connectivity index (χ2v) is 9.78. The third kappa shape index (κ3) is 5.21. The number of carboxylic acid groups (broad SMARTS) is 1. The first kappa shape index (κ1) is 23.7. The number of aryl methyl sites for hydroxylation is 1. The topological polar surface area (TPSA) is 112 Å². The van der Waals surface area contributed by atoms with Crippen LogP contribution in [0.25, 0.3) is 10.9 Å². The predicted molar refractivity (Wildman–Crippen MR) is 139 cm³/mol. The molecule has 0 bridgehead atoms. The van der Waals surface area contributed by atoms with E-state index >= 15 is 0 Å². The normalized spacial score (nSPS) is 12.3. The van der Waals surface area contributed by atoms with E-state index in [4.69, 9.17) is 15.8 Å². The fourth-order valence-electron chi connectivity index (χ4n) is 3.85. The molecule has 4 rings (SSSR count). The Labute approximate surface area is 206 Å². The van der Waals surface area contributed by atoms with Crippen LogP contribution in [0.2, 0.25) is 0 Å². The van der Waals surface area contributed by atoms with E-state index in [1.54, 1.807) is 0 Å². The average molecular weight is 520 g/mol. The third-order valence-electron chi connectivity index (χ3n) is 5.66. The Kier molecular flexibility index (Phi) is 6.59. The zero-order chi connectivity index (χ0) is 24.5. The molecular weight excluding hydrogens is 494 g/mol. The summed E-state index contributed by atoms with van der Waals surface area (Å²) in [5, 5.41) is 20.7. The number of aromatic hydroxyl groups is 1. The fraction of sp³-hybridized carbons (Fsp3) is 0.185. The van der Waals surface area contributed by atoms with Crippen LogP contribution in [-0.4, -0.2) is 26.9 Å². The lowest BCUT2D eigenvalue weighted by atomic mass is 9.95. The first-order chi connectivity index (χ1) is 16.1. The van der Waals surface area contributed by atoms with E-state index < -0.39 is 11.5 Å². The summed E-state index contributed by atoms with van der Waals surface area (Å²) in [5.74, 6) is -0.805. The monoisotopic (exact) mass is 519 g/mol. The van der Waals surface area contributed by atoms with Gasteiger partial charge in [0.25, 0.3) is 0 Å². The van der Waals surface area contributed by atoms with Crippen LogP contribution in [0.3, 0.4) is 0 Å². The highest BCUT2D eigenvalue weighted by atomic mass is 79.9. The molecule has 0 saturated heterocycles. The Hall–Kier alpha value is -3.42. The van der Waals surface area contributed by atoms with Crippen molar-refractivity contribution >= 4 is 44.2 Å². The number of hydrogen-bond acceptors (Lipinski definition) is 4. The van der Waals surface area contributed by atoms with Gasteiger partial charge in [-0.05, 0) is 55.7 Å². The van der Waals surface area contributed by atoms with Gasteiger partial charge in [-0.2, -0.15) is 0 Å². The Morgan fingerprint density at radius 3 is 2.50 bits per heavy atom. The van der Waals surface area contributed by atoms with E-state index in [1.807, 2.05) is 80.6 Å². The fourth-order valence-corrected chi connectivity index (χ4v) is 4.21. The number of aromatic nitrogens is 1. The number of nitrogens with two attached hydrogens (primary N) is 1. The van der Waals surface area contributed by atoms with Crippen molar-refractivity contribution < 1.29 is 15.0 Å². The van der Waals surface area contributed by atoms with Gasteiger partial charge in [0, 0.05) is 27.4 Å². The quantitative estimate of drug-likeness (QED) is 0.224. The maximum atomic E-state index is 10.9. The molecule has 0 radical (unpaired) electrons. The highest BCUT2D eigenvalue weighted by Gasteiger charge is 2.20. The number of fused-ring (bicyclic) bond motifs is 1. The van der Waals surface area contributed by atoms with Crippen LogP contribution in [0.4, 0.5) is 5.69 Å². The summed E-state index contributed by atoms with van der Waals surface area (Å²) < 4.78 is 0.895. The summed E-state index contributed by atoms with van der Waals surface area (Å²) in [6.07, 6.45) is 0.516. The van der Waals surface area contributed by atoms with Crippen molar-refractivity contribution in [3.8, 4) is 5.88 Å². The minimum Gasteiger partial charge on any atom is -0.494 e. The molecule has 1 aromatic heterocycles. The van der Waals surface area contributed by atoms with Crippen LogP contribution in [0.1, 0.15) is 42.5 Å². The maximum absolute atomic E-state index is 10.9. The summed E-state index contributed by atoms with van der Waals surface area (Å²) in [6, 6.07) is 21.1. The van der Waals surface area contributed by atoms with Crippen molar-refractivity contribution in [3.05, 3.63) is 93.5 Å². The van der Waals surface area contributed by atoms with Gasteiger partial charge in [-0.1, -0.05) is 58.4 Å². The van der Waals surface area contributed by atoms with Crippen LogP contribution < -0.4 is 5.73 Å². The van der Waals surface area contributed by atoms with E-state index in [0.29, 0.717) is 23.4 Å². The minimum absolute atomic E-state index is 0.0251. The first-order valence-electron chi connectivity index (χ1n) is 10.9. The molecule has 0 aliphatic heterocycles. The number of nitrogens with zero attached hydrogens (tertiary/aromatic N) is 1. The van der Waals surface area contributed by atoms with Crippen LogP contribution >= 0.6 is 15.9 Å². The SMILES string of the molecule is CC(C)(N)c1cccc(N=C(c2ccc(CCC(=O)O)cc2)c2c(O)[nH]c3cc(Br)ccc23)c1. The predicted octanol–water partition coefficient (Wildman–Crippen LogP) is 6.02. The van der Waals surface area contributed by atoms with Gasteiger partial charge in [-0.15, -0.1) is 0 Å². The third-order valence-corrected chi connectivity index (χ3v) is 6.16. The van der Waals surface area contributed by atoms with Crippen molar-refractivity contribution in [1.82, 2.24) is 4.98 Å². The van der Waals surface area contributed by atoms with Crippen LogP contribution in [0.15, 0.2) is 76.2 Å². The molecule has 0 atom stereocenters. The molecule has 5 N–H and O–H groups in total. The Morgan fingerprint density at radius 1 is 1.09 bits per heavy atom. The van der Waals surface area contributed by atoms with Crippen LogP contribution in [0, 0.1) is 0 Å². The lowest BCUT2D eigenvalue weighted by Crippen LogP contribution is -2.28. The van der Waals surface area contributed by atoms with Gasteiger partial charge in [-0.3, -0.25) is 4.79 Å². The molecule has 3 aromatic carbocycles. The molecule has 0 fully saturated rings. The molecule has 0 aliphatic carbocycles. The Morgan fingerprint density at radius 2 is 1.82 bits per heavy atom. The minimum atomic E-state index is -0.830. The number of carbonyl (C=O) groups is 1. The van der Waals surface area contributed by atoms with Gasteiger partial charge in [-0.25, -0.2) is 4.99 Å². The van der Waals surface area contributed by atoms with Gasteiger partial charge in [0.05, 0.1) is 22.5 Å². The summed E-state index contributed by atoms with van der Waals surface area (Å²) in [6.45, 7) is 3.88. The molecule has 0 amide bonds. The number of benzene rings is 3. The van der Waals surface area contributed by atoms with E-state index in [-0.39, 0.29) is 12.3 Å². The van der Waals surface area contributed by atoms with Gasteiger partial charge >= 0.3 is 5.97 Å². The lowest BCUT2D eigenvalue weighted by molar-refractivity contribution is -0.136. The summed E-state index contributed by atoms with van der Waals surface area (Å²) in [4.78, 5) is 18.9. The summed E-state index contributed by atoms with van der Waals surface area (Å²) in [5.41, 5.74) is 11.1. The number of nitrogens with one attached hydrogen (secondary N) is 1. The molecule has 6 nitrogen and oxygen atoms in total. The highest BCUT2D eigenvalue weighted by Crippen LogP contribution is 2.33. The number of hydrogen-bond donors (Lipinski definition) is 4. The van der Waals surface area contributed by atoms with Crippen molar-refractivity contribution in [1.29, 1.82) is 0 Å². The summed E-state index contributed by atoms with van der Waals surface area (Å²) in [7, 11) is 0. The van der Waals surface area contributed by atoms with Crippen molar-refractivity contribution in [2.24, 2.45) is 10.7 Å². The number of carboxylic acids is 1. The van der Waals surface area contributed by atoms with Crippen molar-refractivity contribution in [2.75, 3.05) is 0 Å². The molecular formula is C27H26BrN3O3. The number of aliphatic imine (C=N–C) groups is 1. The largest absolute Gasteiger partial charge is 0.494 e. The Bertz CT molecular complexity index is 1380.